The number of nitrogens with one attached hydrogen (secondary N) is 3. The zero-order valence-electron chi connectivity index (χ0n) is 17.3. The second-order valence-electron chi connectivity index (χ2n) is 9.85. The van der Waals surface area contributed by atoms with Crippen LogP contribution in [0, 0.1) is 17.8 Å². The monoisotopic (exact) mass is 404 g/mol. The summed E-state index contributed by atoms with van der Waals surface area (Å²) in [6.45, 7) is 3.74. The van der Waals surface area contributed by atoms with Crippen LogP contribution in [0.4, 0.5) is 4.79 Å². The van der Waals surface area contributed by atoms with Gasteiger partial charge in [-0.3, -0.25) is 19.3 Å². The Hall–Kier alpha value is -2.12. The van der Waals surface area contributed by atoms with Crippen molar-refractivity contribution in [2.75, 3.05) is 6.54 Å². The lowest BCUT2D eigenvalue weighted by atomic mass is 9.53. The molecule has 1 aliphatic heterocycles. The molecule has 0 radical (unpaired) electrons. The van der Waals surface area contributed by atoms with Crippen LogP contribution in [0.1, 0.15) is 65.2 Å². The summed E-state index contributed by atoms with van der Waals surface area (Å²) in [4.78, 5) is 49.9. The number of likely N-dealkylation sites (tertiary alicyclic amines) is 1. The lowest BCUT2D eigenvalue weighted by molar-refractivity contribution is -0.141. The van der Waals surface area contributed by atoms with Crippen molar-refractivity contribution < 1.29 is 19.2 Å². The summed E-state index contributed by atoms with van der Waals surface area (Å²) in [5.41, 5.74) is -0.0575. The quantitative estimate of drug-likeness (QED) is 0.580. The fourth-order valence-corrected chi connectivity index (χ4v) is 6.41. The zero-order chi connectivity index (χ0) is 20.8. The minimum absolute atomic E-state index is 0.00267. The molecule has 5 rings (SSSR count). The van der Waals surface area contributed by atoms with E-state index in [1.807, 2.05) is 0 Å². The van der Waals surface area contributed by atoms with Gasteiger partial charge in [-0.2, -0.15) is 0 Å². The van der Waals surface area contributed by atoms with Gasteiger partial charge in [0, 0.05) is 24.5 Å². The van der Waals surface area contributed by atoms with Crippen molar-refractivity contribution in [3.05, 3.63) is 0 Å². The Morgan fingerprint density at radius 1 is 1.07 bits per heavy atom. The Bertz CT molecular complexity index is 684. The van der Waals surface area contributed by atoms with Crippen LogP contribution in [0.5, 0.6) is 0 Å². The summed E-state index contributed by atoms with van der Waals surface area (Å²) in [5, 5.41) is 8.62. The molecule has 8 nitrogen and oxygen atoms in total. The molecule has 1 heterocycles. The Balaban J connectivity index is 1.20. The van der Waals surface area contributed by atoms with Gasteiger partial charge in [0.15, 0.2) is 0 Å². The molecule has 3 N–H and O–H groups in total. The van der Waals surface area contributed by atoms with Crippen molar-refractivity contribution in [2.45, 2.75) is 82.8 Å². The van der Waals surface area contributed by atoms with Gasteiger partial charge in [-0.05, 0) is 70.1 Å². The van der Waals surface area contributed by atoms with Gasteiger partial charge in [-0.15, -0.1) is 0 Å². The SMILES string of the molecule is CC(C)N1C(=O)CC(NC(=O)CCNC(=O)NC23CC4CC(CC(C4)C2)C3)C1=O. The highest BCUT2D eigenvalue weighted by Crippen LogP contribution is 2.55. The van der Waals surface area contributed by atoms with E-state index in [0.717, 1.165) is 37.0 Å². The number of amides is 5. The Morgan fingerprint density at radius 2 is 1.66 bits per heavy atom. The van der Waals surface area contributed by atoms with Crippen LogP contribution in [0.3, 0.4) is 0 Å². The van der Waals surface area contributed by atoms with Gasteiger partial charge in [-0.25, -0.2) is 4.79 Å². The molecule has 4 bridgehead atoms. The van der Waals surface area contributed by atoms with Crippen LogP contribution in [-0.4, -0.2) is 52.8 Å². The van der Waals surface area contributed by atoms with Gasteiger partial charge in [0.1, 0.15) is 6.04 Å². The third-order valence-corrected chi connectivity index (χ3v) is 7.09. The van der Waals surface area contributed by atoms with E-state index in [0.29, 0.717) is 0 Å². The van der Waals surface area contributed by atoms with E-state index in [4.69, 9.17) is 0 Å². The highest BCUT2D eigenvalue weighted by molar-refractivity contribution is 6.07. The van der Waals surface area contributed by atoms with Crippen molar-refractivity contribution in [1.29, 1.82) is 0 Å². The van der Waals surface area contributed by atoms with E-state index in [1.54, 1.807) is 13.8 Å². The molecule has 0 aromatic heterocycles. The number of rotatable bonds is 6. The number of carbonyl (C=O) groups is 4. The Labute approximate surface area is 171 Å². The van der Waals surface area contributed by atoms with Gasteiger partial charge < -0.3 is 16.0 Å². The lowest BCUT2D eigenvalue weighted by Crippen LogP contribution is -2.61. The van der Waals surface area contributed by atoms with Crippen molar-refractivity contribution in [2.24, 2.45) is 17.8 Å². The molecular formula is C21H32N4O4. The number of nitrogens with zero attached hydrogens (tertiary/aromatic N) is 1. The van der Waals surface area contributed by atoms with Crippen molar-refractivity contribution in [3.8, 4) is 0 Å². The van der Waals surface area contributed by atoms with Gasteiger partial charge in [0.2, 0.25) is 11.8 Å². The number of urea groups is 1. The van der Waals surface area contributed by atoms with E-state index in [1.165, 1.54) is 24.2 Å². The van der Waals surface area contributed by atoms with Crippen LogP contribution in [0.15, 0.2) is 0 Å². The van der Waals surface area contributed by atoms with E-state index in [2.05, 4.69) is 16.0 Å². The first-order valence-corrected chi connectivity index (χ1v) is 11.0. The molecule has 1 atom stereocenters. The first-order valence-electron chi connectivity index (χ1n) is 11.0. The summed E-state index contributed by atoms with van der Waals surface area (Å²) in [6.07, 6.45) is 7.28. The maximum absolute atomic E-state index is 12.4. The maximum atomic E-state index is 12.4. The van der Waals surface area contributed by atoms with Crippen molar-refractivity contribution in [3.63, 3.8) is 0 Å². The van der Waals surface area contributed by atoms with Gasteiger partial charge in [0.25, 0.3) is 5.91 Å². The normalized spacial score (nSPS) is 35.3. The second-order valence-corrected chi connectivity index (χ2v) is 9.85. The lowest BCUT2D eigenvalue weighted by Gasteiger charge is -2.56. The summed E-state index contributed by atoms with van der Waals surface area (Å²) < 4.78 is 0. The minimum Gasteiger partial charge on any atom is -0.344 e. The molecule has 160 valence electrons. The molecule has 8 heteroatoms. The predicted molar refractivity (Wildman–Crippen MR) is 106 cm³/mol. The fraction of sp³-hybridized carbons (Fsp3) is 0.810. The molecule has 5 aliphatic rings. The summed E-state index contributed by atoms with van der Waals surface area (Å²) in [5.74, 6) is 1.31. The average Bonchev–Trinajstić information content (AvgIpc) is 2.86. The van der Waals surface area contributed by atoms with E-state index in [9.17, 15) is 19.2 Å². The topological polar surface area (TPSA) is 108 Å². The van der Waals surface area contributed by atoms with Crippen LogP contribution >= 0.6 is 0 Å². The average molecular weight is 405 g/mol. The summed E-state index contributed by atoms with van der Waals surface area (Å²) in [7, 11) is 0. The minimum atomic E-state index is -0.793. The number of imide groups is 1. The molecule has 0 aromatic rings. The van der Waals surface area contributed by atoms with Gasteiger partial charge in [0.05, 0.1) is 6.42 Å². The molecule has 4 aliphatic carbocycles. The van der Waals surface area contributed by atoms with E-state index < -0.39 is 6.04 Å². The molecule has 1 unspecified atom stereocenters. The molecule has 4 saturated carbocycles. The first kappa shape index (κ1) is 20.2. The highest BCUT2D eigenvalue weighted by Gasteiger charge is 2.51. The molecule has 0 aromatic carbocycles. The second kappa shape index (κ2) is 7.61. The van der Waals surface area contributed by atoms with Crippen molar-refractivity contribution in [1.82, 2.24) is 20.9 Å². The van der Waals surface area contributed by atoms with Crippen LogP contribution in [0.25, 0.3) is 0 Å². The van der Waals surface area contributed by atoms with Crippen molar-refractivity contribution >= 4 is 23.8 Å². The molecule has 0 spiro atoms. The zero-order valence-corrected chi connectivity index (χ0v) is 17.3. The molecule has 5 fully saturated rings. The van der Waals surface area contributed by atoms with Crippen LogP contribution in [-0.2, 0) is 14.4 Å². The number of carbonyl (C=O) groups excluding carboxylic acids is 4. The highest BCUT2D eigenvalue weighted by atomic mass is 16.2. The maximum Gasteiger partial charge on any atom is 0.315 e. The predicted octanol–water partition coefficient (Wildman–Crippen LogP) is 1.30. The number of hydrogen-bond acceptors (Lipinski definition) is 4. The summed E-state index contributed by atoms with van der Waals surface area (Å²) >= 11 is 0. The largest absolute Gasteiger partial charge is 0.344 e. The first-order chi connectivity index (χ1) is 13.7. The third-order valence-electron chi connectivity index (χ3n) is 7.09. The van der Waals surface area contributed by atoms with Crippen LogP contribution in [0.2, 0.25) is 0 Å². The molecule has 1 saturated heterocycles. The molecule has 5 amide bonds. The standard InChI is InChI=1S/C21H32N4O4/c1-12(2)25-18(27)8-16(19(25)28)23-17(26)3-4-22-20(29)24-21-9-13-5-14(10-21)7-15(6-13)11-21/h12-16H,3-11H2,1-2H3,(H,23,26)(H2,22,24,29). The molecular weight excluding hydrogens is 372 g/mol. The van der Waals surface area contributed by atoms with Gasteiger partial charge >= 0.3 is 6.03 Å². The van der Waals surface area contributed by atoms with Crippen LogP contribution < -0.4 is 16.0 Å². The molecule has 29 heavy (non-hydrogen) atoms. The van der Waals surface area contributed by atoms with E-state index in [-0.39, 0.29) is 54.7 Å². The fourth-order valence-electron chi connectivity index (χ4n) is 6.41. The third kappa shape index (κ3) is 4.12. The Kier molecular flexibility index (Phi) is 5.29. The smallest absolute Gasteiger partial charge is 0.315 e. The van der Waals surface area contributed by atoms with E-state index >= 15 is 0 Å². The summed E-state index contributed by atoms with van der Waals surface area (Å²) in [6, 6.07) is -1.22. The Morgan fingerprint density at radius 3 is 2.17 bits per heavy atom. The number of hydrogen-bond donors (Lipinski definition) is 3. The van der Waals surface area contributed by atoms with Gasteiger partial charge in [-0.1, -0.05) is 0 Å².